The molecule has 0 aliphatic carbocycles. The number of benzene rings is 2. The SMILES string of the molecule is CCCOc1ccc(C(=O)CN(CC)Cc2ccccc2)cc1N. The van der Waals surface area contributed by atoms with Gasteiger partial charge in [-0.3, -0.25) is 9.69 Å². The van der Waals surface area contributed by atoms with Crippen molar-refractivity contribution in [3.63, 3.8) is 0 Å². The van der Waals surface area contributed by atoms with Gasteiger partial charge in [-0.15, -0.1) is 0 Å². The van der Waals surface area contributed by atoms with Crippen LogP contribution in [-0.2, 0) is 6.54 Å². The van der Waals surface area contributed by atoms with E-state index in [1.807, 2.05) is 25.1 Å². The van der Waals surface area contributed by atoms with Crippen LogP contribution in [-0.4, -0.2) is 30.4 Å². The first-order valence-electron chi connectivity index (χ1n) is 8.45. The molecule has 0 fully saturated rings. The van der Waals surface area contributed by atoms with E-state index in [0.717, 1.165) is 19.5 Å². The standard InChI is InChI=1S/C20H26N2O2/c1-3-12-24-20-11-10-17(13-18(20)21)19(23)15-22(4-2)14-16-8-6-5-7-9-16/h5-11,13H,3-4,12,14-15,21H2,1-2H3. The molecule has 128 valence electrons. The van der Waals surface area contributed by atoms with E-state index in [1.54, 1.807) is 18.2 Å². The molecule has 0 heterocycles. The summed E-state index contributed by atoms with van der Waals surface area (Å²) in [5.41, 5.74) is 8.34. The Balaban J connectivity index is 2.01. The van der Waals surface area contributed by atoms with Crippen LogP contribution in [0, 0.1) is 0 Å². The third-order valence-electron chi connectivity index (χ3n) is 3.86. The van der Waals surface area contributed by atoms with Gasteiger partial charge in [0.05, 0.1) is 18.8 Å². The number of ether oxygens (including phenoxy) is 1. The summed E-state index contributed by atoms with van der Waals surface area (Å²) in [7, 11) is 0. The molecule has 24 heavy (non-hydrogen) atoms. The number of anilines is 1. The molecule has 0 aromatic heterocycles. The number of hydrogen-bond donors (Lipinski definition) is 1. The van der Waals surface area contributed by atoms with Gasteiger partial charge in [0, 0.05) is 12.1 Å². The van der Waals surface area contributed by atoms with Crippen molar-refractivity contribution < 1.29 is 9.53 Å². The topological polar surface area (TPSA) is 55.6 Å². The van der Waals surface area contributed by atoms with Crippen molar-refractivity contribution in [3.8, 4) is 5.75 Å². The number of hydrogen-bond acceptors (Lipinski definition) is 4. The van der Waals surface area contributed by atoms with Gasteiger partial charge in [-0.25, -0.2) is 0 Å². The first kappa shape index (κ1) is 18.0. The molecule has 0 spiro atoms. The Morgan fingerprint density at radius 1 is 1.12 bits per heavy atom. The normalized spacial score (nSPS) is 10.8. The fraction of sp³-hybridized carbons (Fsp3) is 0.350. The Morgan fingerprint density at radius 3 is 2.50 bits per heavy atom. The molecule has 0 unspecified atom stereocenters. The molecule has 4 nitrogen and oxygen atoms in total. The summed E-state index contributed by atoms with van der Waals surface area (Å²) in [5, 5.41) is 0. The quantitative estimate of drug-likeness (QED) is 0.563. The van der Waals surface area contributed by atoms with E-state index in [2.05, 4.69) is 24.0 Å². The minimum Gasteiger partial charge on any atom is -0.491 e. The number of ketones is 1. The molecule has 2 rings (SSSR count). The predicted molar refractivity (Wildman–Crippen MR) is 98.4 cm³/mol. The number of nitrogens with zero attached hydrogens (tertiary/aromatic N) is 1. The third kappa shape index (κ3) is 5.10. The average Bonchev–Trinajstić information content (AvgIpc) is 2.60. The zero-order chi connectivity index (χ0) is 17.4. The summed E-state index contributed by atoms with van der Waals surface area (Å²) in [4.78, 5) is 14.7. The minimum absolute atomic E-state index is 0.0709. The van der Waals surface area contributed by atoms with Gasteiger partial charge in [0.2, 0.25) is 0 Å². The largest absolute Gasteiger partial charge is 0.491 e. The summed E-state index contributed by atoms with van der Waals surface area (Å²) in [6.45, 7) is 6.68. The smallest absolute Gasteiger partial charge is 0.176 e. The van der Waals surface area contributed by atoms with Crippen LogP contribution in [0.15, 0.2) is 48.5 Å². The Labute approximate surface area is 144 Å². The van der Waals surface area contributed by atoms with Crippen molar-refractivity contribution in [1.82, 2.24) is 4.90 Å². The Morgan fingerprint density at radius 2 is 1.88 bits per heavy atom. The van der Waals surface area contributed by atoms with Gasteiger partial charge in [0.25, 0.3) is 0 Å². The van der Waals surface area contributed by atoms with E-state index in [1.165, 1.54) is 5.56 Å². The lowest BCUT2D eigenvalue weighted by atomic mass is 10.1. The van der Waals surface area contributed by atoms with Crippen LogP contribution >= 0.6 is 0 Å². The minimum atomic E-state index is 0.0709. The monoisotopic (exact) mass is 326 g/mol. The van der Waals surface area contributed by atoms with Gasteiger partial charge >= 0.3 is 0 Å². The molecule has 2 aromatic carbocycles. The van der Waals surface area contributed by atoms with Crippen LogP contribution in [0.25, 0.3) is 0 Å². The molecular formula is C20H26N2O2. The van der Waals surface area contributed by atoms with Gasteiger partial charge in [-0.1, -0.05) is 44.2 Å². The molecule has 2 aromatic rings. The van der Waals surface area contributed by atoms with E-state index in [0.29, 0.717) is 30.2 Å². The highest BCUT2D eigenvalue weighted by Crippen LogP contribution is 2.23. The molecule has 0 radical (unpaired) electrons. The molecule has 0 saturated heterocycles. The molecule has 0 aliphatic heterocycles. The molecule has 0 amide bonds. The maximum atomic E-state index is 12.5. The number of Topliss-reactive ketones (excluding diaryl/α,β-unsaturated/α-hetero) is 1. The zero-order valence-corrected chi connectivity index (χ0v) is 14.5. The van der Waals surface area contributed by atoms with Crippen LogP contribution < -0.4 is 10.5 Å². The first-order valence-corrected chi connectivity index (χ1v) is 8.45. The van der Waals surface area contributed by atoms with Crippen LogP contribution in [0.3, 0.4) is 0 Å². The lowest BCUT2D eigenvalue weighted by Gasteiger charge is -2.20. The molecule has 4 heteroatoms. The number of nitrogens with two attached hydrogens (primary N) is 1. The second-order valence-electron chi connectivity index (χ2n) is 5.81. The lowest BCUT2D eigenvalue weighted by Crippen LogP contribution is -2.29. The lowest BCUT2D eigenvalue weighted by molar-refractivity contribution is 0.0929. The van der Waals surface area contributed by atoms with Crippen LogP contribution in [0.1, 0.15) is 36.2 Å². The number of carbonyl (C=O) groups is 1. The Kier molecular flexibility index (Phi) is 6.82. The fourth-order valence-corrected chi connectivity index (χ4v) is 2.48. The predicted octanol–water partition coefficient (Wildman–Crippen LogP) is 3.76. The van der Waals surface area contributed by atoms with Crippen molar-refractivity contribution in [2.45, 2.75) is 26.8 Å². The summed E-state index contributed by atoms with van der Waals surface area (Å²) in [6.07, 6.45) is 0.922. The molecular weight excluding hydrogens is 300 g/mol. The van der Waals surface area contributed by atoms with Gasteiger partial charge in [0.15, 0.2) is 5.78 Å². The highest BCUT2D eigenvalue weighted by atomic mass is 16.5. The first-order chi connectivity index (χ1) is 11.6. The van der Waals surface area contributed by atoms with Crippen LogP contribution in [0.2, 0.25) is 0 Å². The van der Waals surface area contributed by atoms with Gasteiger partial charge < -0.3 is 10.5 Å². The van der Waals surface area contributed by atoms with Crippen LogP contribution in [0.5, 0.6) is 5.75 Å². The van der Waals surface area contributed by atoms with E-state index >= 15 is 0 Å². The number of nitrogen functional groups attached to an aromatic ring is 1. The van der Waals surface area contributed by atoms with Gasteiger partial charge in [0.1, 0.15) is 5.75 Å². The summed E-state index contributed by atoms with van der Waals surface area (Å²) in [5.74, 6) is 0.714. The molecule has 2 N–H and O–H groups in total. The zero-order valence-electron chi connectivity index (χ0n) is 14.5. The average molecular weight is 326 g/mol. The summed E-state index contributed by atoms with van der Waals surface area (Å²) < 4.78 is 5.56. The van der Waals surface area contributed by atoms with Crippen molar-refractivity contribution in [2.75, 3.05) is 25.4 Å². The van der Waals surface area contributed by atoms with Crippen LogP contribution in [0.4, 0.5) is 5.69 Å². The Bertz CT molecular complexity index is 656. The number of carbonyl (C=O) groups excluding carboxylic acids is 1. The molecule has 0 saturated carbocycles. The van der Waals surface area contributed by atoms with E-state index in [-0.39, 0.29) is 5.78 Å². The number of rotatable bonds is 9. The van der Waals surface area contributed by atoms with Crippen molar-refractivity contribution in [3.05, 3.63) is 59.7 Å². The number of likely N-dealkylation sites (N-methyl/N-ethyl adjacent to an activating group) is 1. The van der Waals surface area contributed by atoms with Crippen molar-refractivity contribution >= 4 is 11.5 Å². The maximum absolute atomic E-state index is 12.5. The summed E-state index contributed by atoms with van der Waals surface area (Å²) in [6, 6.07) is 15.5. The highest BCUT2D eigenvalue weighted by Gasteiger charge is 2.13. The van der Waals surface area contributed by atoms with Crippen molar-refractivity contribution in [1.29, 1.82) is 0 Å². The maximum Gasteiger partial charge on any atom is 0.176 e. The summed E-state index contributed by atoms with van der Waals surface area (Å²) >= 11 is 0. The second-order valence-corrected chi connectivity index (χ2v) is 5.81. The molecule has 0 atom stereocenters. The third-order valence-corrected chi connectivity index (χ3v) is 3.86. The van der Waals surface area contributed by atoms with Crippen molar-refractivity contribution in [2.24, 2.45) is 0 Å². The van der Waals surface area contributed by atoms with E-state index in [4.69, 9.17) is 10.5 Å². The van der Waals surface area contributed by atoms with Gasteiger partial charge in [-0.05, 0) is 36.7 Å². The van der Waals surface area contributed by atoms with E-state index < -0.39 is 0 Å². The molecule has 0 aliphatic rings. The Hall–Kier alpha value is -2.33. The fourth-order valence-electron chi connectivity index (χ4n) is 2.48. The highest BCUT2D eigenvalue weighted by molar-refractivity contribution is 5.98. The van der Waals surface area contributed by atoms with E-state index in [9.17, 15) is 4.79 Å². The molecule has 0 bridgehead atoms. The second kappa shape index (κ2) is 9.08. The van der Waals surface area contributed by atoms with Gasteiger partial charge in [-0.2, -0.15) is 0 Å².